The molecular weight excluding hydrogens is 394 g/mol. The van der Waals surface area contributed by atoms with Crippen LogP contribution in [0.3, 0.4) is 0 Å². The van der Waals surface area contributed by atoms with Crippen LogP contribution in [0.2, 0.25) is 0 Å². The summed E-state index contributed by atoms with van der Waals surface area (Å²) in [7, 11) is 0.535. The zero-order chi connectivity index (χ0) is 22.1. The number of carbonyl (C=O) groups is 2. The summed E-state index contributed by atoms with van der Waals surface area (Å²) in [4.78, 5) is 27.7. The molecule has 1 atom stereocenters. The minimum atomic E-state index is -3.73. The Morgan fingerprint density at radius 2 is 1.83 bits per heavy atom. The molecular formula is C20H27N3O5S. The van der Waals surface area contributed by atoms with Crippen LogP contribution in [0.15, 0.2) is 23.1 Å². The topological polar surface area (TPSA) is 109 Å². The van der Waals surface area contributed by atoms with Crippen molar-refractivity contribution in [3.8, 4) is 5.75 Å². The average molecular weight is 422 g/mol. The number of hydrogen-bond donors (Lipinski definition) is 2. The third-order valence-electron chi connectivity index (χ3n) is 4.73. The van der Waals surface area contributed by atoms with Gasteiger partial charge in [0, 0.05) is 31.0 Å². The molecule has 0 unspecified atom stereocenters. The lowest BCUT2D eigenvalue weighted by atomic mass is 10.0. The molecule has 0 aliphatic carbocycles. The number of H-pyrrole nitrogens is 1. The third-order valence-corrected chi connectivity index (χ3v) is 6.57. The highest BCUT2D eigenvalue weighted by atomic mass is 32.2. The Bertz CT molecular complexity index is 1050. The monoisotopic (exact) mass is 421 g/mol. The molecule has 1 aromatic heterocycles. The lowest BCUT2D eigenvalue weighted by Gasteiger charge is -2.18. The number of aromatic nitrogens is 1. The van der Waals surface area contributed by atoms with Gasteiger partial charge in [-0.15, -0.1) is 0 Å². The highest BCUT2D eigenvalue weighted by Gasteiger charge is 2.26. The molecule has 0 saturated carbocycles. The number of hydrogen-bond acceptors (Lipinski definition) is 6. The molecule has 1 aromatic carbocycles. The molecule has 0 amide bonds. The van der Waals surface area contributed by atoms with Crippen molar-refractivity contribution in [3.05, 3.63) is 40.7 Å². The summed E-state index contributed by atoms with van der Waals surface area (Å²) in [6.45, 7) is 6.62. The number of nitrogens with zero attached hydrogens (tertiary/aromatic N) is 1. The molecule has 0 saturated heterocycles. The van der Waals surface area contributed by atoms with Gasteiger partial charge < -0.3 is 15.0 Å². The fourth-order valence-electron chi connectivity index (χ4n) is 3.22. The molecule has 2 rings (SSSR count). The molecule has 2 N–H and O–H groups in total. The number of ketones is 2. The third kappa shape index (κ3) is 4.35. The summed E-state index contributed by atoms with van der Waals surface area (Å²) in [5.41, 5.74) is 2.60. The van der Waals surface area contributed by atoms with Crippen LogP contribution in [0.1, 0.15) is 46.0 Å². The number of rotatable bonds is 8. The highest BCUT2D eigenvalue weighted by molar-refractivity contribution is 7.89. The molecule has 0 aliphatic heterocycles. The van der Waals surface area contributed by atoms with Gasteiger partial charge in [-0.3, -0.25) is 9.59 Å². The number of benzene rings is 1. The van der Waals surface area contributed by atoms with Gasteiger partial charge in [-0.2, -0.15) is 0 Å². The van der Waals surface area contributed by atoms with E-state index in [1.165, 1.54) is 40.3 Å². The maximum absolute atomic E-state index is 12.9. The van der Waals surface area contributed by atoms with E-state index in [0.29, 0.717) is 28.2 Å². The summed E-state index contributed by atoms with van der Waals surface area (Å²) in [6.07, 6.45) is 0. The minimum Gasteiger partial charge on any atom is -0.495 e. The lowest BCUT2D eigenvalue weighted by molar-refractivity contribution is 0.0970. The van der Waals surface area contributed by atoms with Crippen LogP contribution >= 0.6 is 0 Å². The summed E-state index contributed by atoms with van der Waals surface area (Å²) >= 11 is 0. The van der Waals surface area contributed by atoms with E-state index in [2.05, 4.69) is 10.3 Å². The largest absolute Gasteiger partial charge is 0.495 e. The quantitative estimate of drug-likeness (QED) is 0.635. The number of aromatic amines is 1. The Hall–Kier alpha value is -2.65. The Morgan fingerprint density at radius 1 is 1.21 bits per heavy atom. The fourth-order valence-corrected chi connectivity index (χ4v) is 4.30. The predicted molar refractivity (Wildman–Crippen MR) is 112 cm³/mol. The number of anilines is 1. The van der Waals surface area contributed by atoms with Gasteiger partial charge in [-0.25, -0.2) is 12.7 Å². The zero-order valence-electron chi connectivity index (χ0n) is 17.7. The molecule has 29 heavy (non-hydrogen) atoms. The SMILES string of the molecule is COc1ccc(N[C@@H](C)C(=O)c2[nH]c(C)c(C(C)=O)c2C)cc1S(=O)(=O)N(C)C. The summed E-state index contributed by atoms with van der Waals surface area (Å²) in [5.74, 6) is -0.124. The molecule has 0 aliphatic rings. The van der Waals surface area contributed by atoms with Crippen LogP contribution in [-0.2, 0) is 10.0 Å². The Morgan fingerprint density at radius 3 is 2.31 bits per heavy atom. The van der Waals surface area contributed by atoms with Gasteiger partial charge >= 0.3 is 0 Å². The first-order valence-corrected chi connectivity index (χ1v) is 10.5. The van der Waals surface area contributed by atoms with Crippen molar-refractivity contribution in [3.63, 3.8) is 0 Å². The van der Waals surface area contributed by atoms with E-state index in [1.54, 1.807) is 26.8 Å². The van der Waals surface area contributed by atoms with Crippen molar-refractivity contribution in [2.75, 3.05) is 26.5 Å². The van der Waals surface area contributed by atoms with E-state index in [1.807, 2.05) is 0 Å². The normalized spacial score (nSPS) is 12.7. The average Bonchev–Trinajstić information content (AvgIpc) is 2.94. The molecule has 2 aromatic rings. The summed E-state index contributed by atoms with van der Waals surface area (Å²) in [5, 5.41) is 3.04. The van der Waals surface area contributed by atoms with Crippen LogP contribution in [-0.4, -0.2) is 56.5 Å². The van der Waals surface area contributed by atoms with Crippen molar-refractivity contribution in [1.82, 2.24) is 9.29 Å². The molecule has 0 bridgehead atoms. The highest BCUT2D eigenvalue weighted by Crippen LogP contribution is 2.29. The number of sulfonamides is 1. The summed E-state index contributed by atoms with van der Waals surface area (Å²) in [6, 6.07) is 3.96. The van der Waals surface area contributed by atoms with Crippen LogP contribution in [0.4, 0.5) is 5.69 Å². The van der Waals surface area contributed by atoms with E-state index < -0.39 is 16.1 Å². The van der Waals surface area contributed by atoms with Gasteiger partial charge in [0.25, 0.3) is 0 Å². The van der Waals surface area contributed by atoms with Crippen LogP contribution in [0.5, 0.6) is 5.75 Å². The maximum Gasteiger partial charge on any atom is 0.246 e. The second kappa shape index (κ2) is 8.38. The number of Topliss-reactive ketones (excluding diaryl/α,β-unsaturated/α-hetero) is 2. The molecule has 0 spiro atoms. The predicted octanol–water partition coefficient (Wildman–Crippen LogP) is 2.78. The van der Waals surface area contributed by atoms with Gasteiger partial charge in [-0.1, -0.05) is 0 Å². The second-order valence-corrected chi connectivity index (χ2v) is 9.18. The molecule has 9 heteroatoms. The minimum absolute atomic E-state index is 0.000383. The number of carbonyl (C=O) groups excluding carboxylic acids is 2. The van der Waals surface area contributed by atoms with Gasteiger partial charge in [0.05, 0.1) is 18.8 Å². The van der Waals surface area contributed by atoms with Crippen molar-refractivity contribution < 1.29 is 22.7 Å². The first-order valence-electron chi connectivity index (χ1n) is 9.03. The Kier molecular flexibility index (Phi) is 6.54. The molecule has 0 fully saturated rings. The smallest absolute Gasteiger partial charge is 0.246 e. The number of aryl methyl sites for hydroxylation is 1. The second-order valence-electron chi connectivity index (χ2n) is 7.06. The molecule has 158 valence electrons. The van der Waals surface area contributed by atoms with Crippen LogP contribution in [0.25, 0.3) is 0 Å². The molecule has 8 nitrogen and oxygen atoms in total. The Balaban J connectivity index is 2.36. The molecule has 0 radical (unpaired) electrons. The van der Waals surface area contributed by atoms with Gasteiger partial charge in [0.2, 0.25) is 15.8 Å². The van der Waals surface area contributed by atoms with E-state index in [9.17, 15) is 18.0 Å². The maximum atomic E-state index is 12.9. The van der Waals surface area contributed by atoms with Crippen molar-refractivity contribution in [1.29, 1.82) is 0 Å². The van der Waals surface area contributed by atoms with E-state index in [-0.39, 0.29) is 22.2 Å². The van der Waals surface area contributed by atoms with E-state index >= 15 is 0 Å². The Labute approximate surface area is 171 Å². The first-order chi connectivity index (χ1) is 13.4. The van der Waals surface area contributed by atoms with Gasteiger partial charge in [0.1, 0.15) is 10.6 Å². The van der Waals surface area contributed by atoms with Crippen molar-refractivity contribution in [2.24, 2.45) is 0 Å². The van der Waals surface area contributed by atoms with Crippen LogP contribution in [0, 0.1) is 13.8 Å². The van der Waals surface area contributed by atoms with E-state index in [4.69, 9.17) is 4.74 Å². The van der Waals surface area contributed by atoms with Crippen LogP contribution < -0.4 is 10.1 Å². The molecule has 1 heterocycles. The van der Waals surface area contributed by atoms with E-state index in [0.717, 1.165) is 4.31 Å². The number of nitrogens with one attached hydrogen (secondary N) is 2. The zero-order valence-corrected chi connectivity index (χ0v) is 18.5. The number of ether oxygens (including phenoxy) is 1. The van der Waals surface area contributed by atoms with Gasteiger partial charge in [-0.05, 0) is 51.5 Å². The lowest BCUT2D eigenvalue weighted by Crippen LogP contribution is -2.27. The fraction of sp³-hybridized carbons (Fsp3) is 0.400. The summed E-state index contributed by atoms with van der Waals surface area (Å²) < 4.78 is 31.4. The number of methoxy groups -OCH3 is 1. The standard InChI is InChI=1S/C20H27N3O5S/c1-11-18(14(4)24)12(2)22-19(11)20(25)13(3)21-15-8-9-16(28-7)17(10-15)29(26,27)23(5)6/h8-10,13,21-22H,1-7H3/t13-/m0/s1. The van der Waals surface area contributed by atoms with Crippen molar-refractivity contribution >= 4 is 27.3 Å². The van der Waals surface area contributed by atoms with Gasteiger partial charge in [0.15, 0.2) is 5.78 Å². The van der Waals surface area contributed by atoms with Crippen molar-refractivity contribution in [2.45, 2.75) is 38.6 Å². The first kappa shape index (κ1) is 22.6.